The average molecular weight is 501 g/mol. The number of nitrogens with zero attached hydrogens (tertiary/aromatic N) is 5. The third-order valence-electron chi connectivity index (χ3n) is 6.65. The van der Waals surface area contributed by atoms with Crippen molar-refractivity contribution in [2.45, 2.75) is 17.4 Å². The van der Waals surface area contributed by atoms with Crippen LogP contribution >= 0.6 is 0 Å². The summed E-state index contributed by atoms with van der Waals surface area (Å²) in [7, 11) is -3.33. The van der Waals surface area contributed by atoms with E-state index in [2.05, 4.69) is 15.5 Å². The lowest BCUT2D eigenvalue weighted by Crippen LogP contribution is -2.55. The summed E-state index contributed by atoms with van der Waals surface area (Å²) in [5.41, 5.74) is 0.766. The Morgan fingerprint density at radius 2 is 1.63 bits per heavy atom. The van der Waals surface area contributed by atoms with Gasteiger partial charge in [-0.15, -0.1) is 10.2 Å². The van der Waals surface area contributed by atoms with Crippen LogP contribution in [-0.4, -0.2) is 98.6 Å². The van der Waals surface area contributed by atoms with Crippen molar-refractivity contribution in [3.05, 3.63) is 47.7 Å². The van der Waals surface area contributed by atoms with E-state index in [-0.39, 0.29) is 22.4 Å². The molecule has 1 atom stereocenters. The van der Waals surface area contributed by atoms with Crippen LogP contribution in [0, 0.1) is 0 Å². The maximum Gasteiger partial charge on any atom is 0.320 e. The first-order valence-corrected chi connectivity index (χ1v) is 13.4. The molecule has 3 aliphatic rings. The molecular weight excluding hydrogens is 472 g/mol. The Morgan fingerprint density at radius 3 is 2.34 bits per heavy atom. The van der Waals surface area contributed by atoms with Crippen molar-refractivity contribution in [3.8, 4) is 0 Å². The molecule has 186 valence electrons. The van der Waals surface area contributed by atoms with E-state index in [0.717, 1.165) is 0 Å². The number of ether oxygens (including phenoxy) is 1. The van der Waals surface area contributed by atoms with E-state index in [1.54, 1.807) is 36.4 Å². The molecule has 11 nitrogen and oxygen atoms in total. The second-order valence-electron chi connectivity index (χ2n) is 8.80. The number of sulfone groups is 1. The van der Waals surface area contributed by atoms with E-state index in [4.69, 9.17) is 4.74 Å². The van der Waals surface area contributed by atoms with Gasteiger partial charge in [-0.25, -0.2) is 13.2 Å². The molecule has 0 bridgehead atoms. The van der Waals surface area contributed by atoms with Crippen molar-refractivity contribution < 1.29 is 22.7 Å². The van der Waals surface area contributed by atoms with Gasteiger partial charge in [-0.2, -0.15) is 0 Å². The average Bonchev–Trinajstić information content (AvgIpc) is 2.91. The molecule has 12 heteroatoms. The number of hydrogen-bond acceptors (Lipinski definition) is 8. The van der Waals surface area contributed by atoms with Gasteiger partial charge in [-0.3, -0.25) is 4.79 Å². The van der Waals surface area contributed by atoms with Crippen molar-refractivity contribution >= 4 is 27.6 Å². The smallest absolute Gasteiger partial charge is 0.320 e. The number of aromatic nitrogens is 2. The van der Waals surface area contributed by atoms with Gasteiger partial charge in [-0.1, -0.05) is 18.2 Å². The standard InChI is InChI=1S/C23H28N6O5S/c30-22(24-18-7-16-35(32,33)20-4-2-1-3-17(18)20)19-5-6-21(26-25-19)27-8-10-28(11-9-27)23(31)29-12-14-34-15-13-29/h1-6,18H,7-16H2,(H,24,30). The molecule has 1 unspecified atom stereocenters. The number of anilines is 1. The minimum atomic E-state index is -3.33. The van der Waals surface area contributed by atoms with E-state index in [0.29, 0.717) is 70.3 Å². The van der Waals surface area contributed by atoms with Crippen LogP contribution in [0.3, 0.4) is 0 Å². The predicted octanol–water partition coefficient (Wildman–Crippen LogP) is 0.699. The number of carbonyl (C=O) groups is 2. The van der Waals surface area contributed by atoms with Gasteiger partial charge in [-0.05, 0) is 30.2 Å². The van der Waals surface area contributed by atoms with Crippen molar-refractivity contribution in [2.24, 2.45) is 0 Å². The number of benzene rings is 1. The summed E-state index contributed by atoms with van der Waals surface area (Å²) in [5.74, 6) is 0.234. The Morgan fingerprint density at radius 1 is 0.914 bits per heavy atom. The van der Waals surface area contributed by atoms with Crippen LogP contribution in [0.1, 0.15) is 28.5 Å². The first-order chi connectivity index (χ1) is 16.9. The van der Waals surface area contributed by atoms with E-state index >= 15 is 0 Å². The molecule has 2 saturated heterocycles. The Bertz CT molecular complexity index is 1190. The Labute approximate surface area is 204 Å². The highest BCUT2D eigenvalue weighted by molar-refractivity contribution is 7.91. The van der Waals surface area contributed by atoms with Gasteiger partial charge in [0.25, 0.3) is 5.91 Å². The van der Waals surface area contributed by atoms with Gasteiger partial charge in [0.05, 0.1) is 29.9 Å². The number of morpholine rings is 1. The highest BCUT2D eigenvalue weighted by atomic mass is 32.2. The molecule has 1 aromatic carbocycles. The number of amides is 3. The first kappa shape index (κ1) is 23.5. The minimum absolute atomic E-state index is 0.0143. The van der Waals surface area contributed by atoms with Crippen molar-refractivity contribution in [1.82, 2.24) is 25.3 Å². The van der Waals surface area contributed by atoms with Crippen molar-refractivity contribution in [3.63, 3.8) is 0 Å². The molecule has 2 aromatic rings. The third kappa shape index (κ3) is 4.94. The zero-order valence-corrected chi connectivity index (χ0v) is 20.1. The van der Waals surface area contributed by atoms with Gasteiger partial charge in [0.2, 0.25) is 0 Å². The molecule has 0 aliphatic carbocycles. The second-order valence-corrected chi connectivity index (χ2v) is 10.9. The Kier molecular flexibility index (Phi) is 6.56. The van der Waals surface area contributed by atoms with Gasteiger partial charge in [0.1, 0.15) is 0 Å². The van der Waals surface area contributed by atoms with Gasteiger partial charge >= 0.3 is 6.03 Å². The van der Waals surface area contributed by atoms with Crippen LogP contribution in [0.2, 0.25) is 0 Å². The van der Waals surface area contributed by atoms with Gasteiger partial charge in [0.15, 0.2) is 21.3 Å². The summed E-state index contributed by atoms with van der Waals surface area (Å²) in [4.78, 5) is 31.5. The molecular formula is C23H28N6O5S. The summed E-state index contributed by atoms with van der Waals surface area (Å²) >= 11 is 0. The molecule has 3 amide bonds. The van der Waals surface area contributed by atoms with E-state index in [9.17, 15) is 18.0 Å². The van der Waals surface area contributed by atoms with Crippen LogP contribution in [0.4, 0.5) is 10.6 Å². The summed E-state index contributed by atoms with van der Waals surface area (Å²) < 4.78 is 30.0. The van der Waals surface area contributed by atoms with Crippen LogP contribution in [0.5, 0.6) is 0 Å². The van der Waals surface area contributed by atoms with Crippen LogP contribution < -0.4 is 10.2 Å². The maximum atomic E-state index is 12.8. The summed E-state index contributed by atoms with van der Waals surface area (Å²) in [6.45, 7) is 4.83. The Balaban J connectivity index is 1.18. The van der Waals surface area contributed by atoms with Crippen molar-refractivity contribution in [2.75, 3.05) is 63.1 Å². The zero-order valence-electron chi connectivity index (χ0n) is 19.3. The van der Waals surface area contributed by atoms with Crippen LogP contribution in [0.15, 0.2) is 41.3 Å². The van der Waals surface area contributed by atoms with Crippen LogP contribution in [-0.2, 0) is 14.6 Å². The highest BCUT2D eigenvalue weighted by Crippen LogP contribution is 2.32. The van der Waals surface area contributed by atoms with Gasteiger partial charge in [0, 0.05) is 39.3 Å². The van der Waals surface area contributed by atoms with Crippen molar-refractivity contribution in [1.29, 1.82) is 0 Å². The maximum absolute atomic E-state index is 12.8. The molecule has 0 radical (unpaired) electrons. The summed E-state index contributed by atoms with van der Waals surface area (Å²) in [6, 6.07) is 9.77. The SMILES string of the molecule is O=C(NC1CCS(=O)(=O)c2ccccc21)c1ccc(N2CCN(C(=O)N3CCOCC3)CC2)nn1. The minimum Gasteiger partial charge on any atom is -0.378 e. The van der Waals surface area contributed by atoms with E-state index in [1.807, 2.05) is 14.7 Å². The number of fused-ring (bicyclic) bond motifs is 1. The number of nitrogens with one attached hydrogen (secondary N) is 1. The first-order valence-electron chi connectivity index (χ1n) is 11.8. The molecule has 35 heavy (non-hydrogen) atoms. The lowest BCUT2D eigenvalue weighted by atomic mass is 10.0. The second kappa shape index (κ2) is 9.78. The van der Waals surface area contributed by atoms with Crippen LogP contribution in [0.25, 0.3) is 0 Å². The third-order valence-corrected chi connectivity index (χ3v) is 8.46. The fourth-order valence-corrected chi connectivity index (χ4v) is 6.29. The molecule has 2 fully saturated rings. The highest BCUT2D eigenvalue weighted by Gasteiger charge is 2.31. The molecule has 0 saturated carbocycles. The number of rotatable bonds is 3. The fraction of sp³-hybridized carbons (Fsp3) is 0.478. The topological polar surface area (TPSA) is 125 Å². The molecule has 4 heterocycles. The molecule has 1 N–H and O–H groups in total. The number of carbonyl (C=O) groups excluding carboxylic acids is 2. The fourth-order valence-electron chi connectivity index (χ4n) is 4.67. The van der Waals surface area contributed by atoms with E-state index in [1.165, 1.54) is 0 Å². The number of piperazine rings is 1. The van der Waals surface area contributed by atoms with Gasteiger partial charge < -0.3 is 24.8 Å². The Hall–Kier alpha value is -3.25. The normalized spacial score (nSPS) is 21.8. The molecule has 1 aromatic heterocycles. The van der Waals surface area contributed by atoms with E-state index < -0.39 is 21.8 Å². The largest absolute Gasteiger partial charge is 0.378 e. The number of hydrogen-bond donors (Lipinski definition) is 1. The predicted molar refractivity (Wildman–Crippen MR) is 127 cm³/mol. The number of urea groups is 1. The quantitative estimate of drug-likeness (QED) is 0.653. The monoisotopic (exact) mass is 500 g/mol. The summed E-state index contributed by atoms with van der Waals surface area (Å²) in [6.07, 6.45) is 0.310. The zero-order chi connectivity index (χ0) is 24.4. The molecule has 5 rings (SSSR count). The molecule has 0 spiro atoms. The lowest BCUT2D eigenvalue weighted by Gasteiger charge is -2.38. The molecule has 3 aliphatic heterocycles. The summed E-state index contributed by atoms with van der Waals surface area (Å²) in [5, 5.41) is 11.2. The lowest BCUT2D eigenvalue weighted by molar-refractivity contribution is 0.0428.